The standard InChI is InChI=1S/C15H21NO2/c1-4-12(2)16(3)11-14-8-6-5-7-13(14)9-10-15(17)18/h5-10,12H,4,11H2,1-3H3,(H,17,18)/b10-9+. The molecule has 98 valence electrons. The van der Waals surface area contributed by atoms with Crippen LogP contribution >= 0.6 is 0 Å². The Hall–Kier alpha value is -1.61. The second-order valence-corrected chi connectivity index (χ2v) is 4.54. The van der Waals surface area contributed by atoms with Crippen molar-refractivity contribution >= 4 is 12.0 Å². The molecular weight excluding hydrogens is 226 g/mol. The smallest absolute Gasteiger partial charge is 0.328 e. The Labute approximate surface area is 109 Å². The number of carbonyl (C=O) groups is 1. The van der Waals surface area contributed by atoms with Crippen molar-refractivity contribution in [2.75, 3.05) is 7.05 Å². The van der Waals surface area contributed by atoms with Gasteiger partial charge in [0.15, 0.2) is 0 Å². The number of nitrogens with zero attached hydrogens (tertiary/aromatic N) is 1. The third-order valence-corrected chi connectivity index (χ3v) is 3.22. The lowest BCUT2D eigenvalue weighted by atomic mass is 10.1. The third-order valence-electron chi connectivity index (χ3n) is 3.22. The number of aliphatic carboxylic acids is 1. The van der Waals surface area contributed by atoms with Gasteiger partial charge in [0.05, 0.1) is 0 Å². The number of carboxylic acid groups (broad SMARTS) is 1. The molecule has 0 saturated carbocycles. The lowest BCUT2D eigenvalue weighted by molar-refractivity contribution is -0.131. The molecule has 18 heavy (non-hydrogen) atoms. The quantitative estimate of drug-likeness (QED) is 0.786. The minimum absolute atomic E-state index is 0.515. The lowest BCUT2D eigenvalue weighted by Gasteiger charge is -2.24. The van der Waals surface area contributed by atoms with Crippen LogP contribution in [-0.4, -0.2) is 29.1 Å². The predicted molar refractivity (Wildman–Crippen MR) is 74.3 cm³/mol. The van der Waals surface area contributed by atoms with Gasteiger partial charge >= 0.3 is 5.97 Å². The van der Waals surface area contributed by atoms with Crippen LogP contribution in [0.15, 0.2) is 30.3 Å². The first-order valence-electron chi connectivity index (χ1n) is 6.23. The van der Waals surface area contributed by atoms with E-state index in [1.54, 1.807) is 6.08 Å². The van der Waals surface area contributed by atoms with Gasteiger partial charge in [-0.25, -0.2) is 4.79 Å². The predicted octanol–water partition coefficient (Wildman–Crippen LogP) is 3.01. The molecule has 0 spiro atoms. The molecule has 0 radical (unpaired) electrons. The highest BCUT2D eigenvalue weighted by Crippen LogP contribution is 2.14. The number of rotatable bonds is 6. The van der Waals surface area contributed by atoms with Crippen LogP contribution < -0.4 is 0 Å². The van der Waals surface area contributed by atoms with E-state index in [0.29, 0.717) is 6.04 Å². The van der Waals surface area contributed by atoms with Gasteiger partial charge in [0.1, 0.15) is 0 Å². The summed E-state index contributed by atoms with van der Waals surface area (Å²) >= 11 is 0. The normalized spacial score (nSPS) is 13.1. The van der Waals surface area contributed by atoms with Gasteiger partial charge in [-0.2, -0.15) is 0 Å². The Morgan fingerprint density at radius 1 is 1.44 bits per heavy atom. The summed E-state index contributed by atoms with van der Waals surface area (Å²) in [4.78, 5) is 12.8. The third kappa shape index (κ3) is 4.34. The molecular formula is C15H21NO2. The van der Waals surface area contributed by atoms with Gasteiger partial charge in [-0.3, -0.25) is 4.90 Å². The van der Waals surface area contributed by atoms with Crippen LogP contribution in [0.1, 0.15) is 31.4 Å². The molecule has 0 aliphatic carbocycles. The van der Waals surface area contributed by atoms with E-state index in [4.69, 9.17) is 5.11 Å². The molecule has 0 aromatic heterocycles. The molecule has 3 heteroatoms. The molecule has 0 fully saturated rings. The molecule has 1 unspecified atom stereocenters. The maximum absolute atomic E-state index is 10.6. The Kier molecular flexibility index (Phi) is 5.59. The van der Waals surface area contributed by atoms with E-state index in [1.807, 2.05) is 24.3 Å². The second-order valence-electron chi connectivity index (χ2n) is 4.54. The van der Waals surface area contributed by atoms with Gasteiger partial charge in [0.25, 0.3) is 0 Å². The fourth-order valence-corrected chi connectivity index (χ4v) is 1.74. The van der Waals surface area contributed by atoms with Crippen LogP contribution in [0.4, 0.5) is 0 Å². The van der Waals surface area contributed by atoms with Crippen molar-refractivity contribution in [2.45, 2.75) is 32.9 Å². The fourth-order valence-electron chi connectivity index (χ4n) is 1.74. The van der Waals surface area contributed by atoms with E-state index < -0.39 is 5.97 Å². The minimum atomic E-state index is -0.917. The maximum Gasteiger partial charge on any atom is 0.328 e. The van der Waals surface area contributed by atoms with E-state index >= 15 is 0 Å². The maximum atomic E-state index is 10.6. The lowest BCUT2D eigenvalue weighted by Crippen LogP contribution is -2.28. The highest BCUT2D eigenvalue weighted by Gasteiger charge is 2.08. The van der Waals surface area contributed by atoms with Crippen molar-refractivity contribution in [2.24, 2.45) is 0 Å². The molecule has 0 bridgehead atoms. The molecule has 1 atom stereocenters. The zero-order chi connectivity index (χ0) is 13.5. The molecule has 0 aliphatic heterocycles. The molecule has 0 saturated heterocycles. The zero-order valence-corrected chi connectivity index (χ0v) is 11.3. The summed E-state index contributed by atoms with van der Waals surface area (Å²) in [5.74, 6) is -0.917. The first-order chi connectivity index (χ1) is 8.54. The topological polar surface area (TPSA) is 40.5 Å². The Balaban J connectivity index is 2.85. The van der Waals surface area contributed by atoms with E-state index in [0.717, 1.165) is 24.1 Å². The SMILES string of the molecule is CCC(C)N(C)Cc1ccccc1/C=C/C(=O)O. The second kappa shape index (κ2) is 6.97. The summed E-state index contributed by atoms with van der Waals surface area (Å²) in [7, 11) is 2.09. The van der Waals surface area contributed by atoms with Crippen LogP contribution in [0.3, 0.4) is 0 Å². The monoisotopic (exact) mass is 247 g/mol. The van der Waals surface area contributed by atoms with Gasteiger partial charge < -0.3 is 5.11 Å². The summed E-state index contributed by atoms with van der Waals surface area (Å²) in [6.45, 7) is 5.18. The van der Waals surface area contributed by atoms with Gasteiger partial charge in [0, 0.05) is 18.7 Å². The Morgan fingerprint density at radius 2 is 2.11 bits per heavy atom. The van der Waals surface area contributed by atoms with Crippen molar-refractivity contribution in [3.8, 4) is 0 Å². The molecule has 0 aliphatic rings. The summed E-state index contributed by atoms with van der Waals surface area (Å²) in [5.41, 5.74) is 2.12. The Morgan fingerprint density at radius 3 is 2.72 bits per heavy atom. The highest BCUT2D eigenvalue weighted by molar-refractivity contribution is 5.85. The molecule has 0 heterocycles. The summed E-state index contributed by atoms with van der Waals surface area (Å²) < 4.78 is 0. The van der Waals surface area contributed by atoms with Gasteiger partial charge in [-0.1, -0.05) is 31.2 Å². The van der Waals surface area contributed by atoms with Crippen LogP contribution in [-0.2, 0) is 11.3 Å². The first-order valence-corrected chi connectivity index (χ1v) is 6.23. The average molecular weight is 247 g/mol. The number of carboxylic acids is 1. The van der Waals surface area contributed by atoms with Crippen molar-refractivity contribution < 1.29 is 9.90 Å². The van der Waals surface area contributed by atoms with Gasteiger partial charge in [-0.15, -0.1) is 0 Å². The molecule has 1 N–H and O–H groups in total. The summed E-state index contributed by atoms with van der Waals surface area (Å²) in [6.07, 6.45) is 3.94. The molecule has 0 amide bonds. The van der Waals surface area contributed by atoms with Crippen LogP contribution in [0.5, 0.6) is 0 Å². The zero-order valence-electron chi connectivity index (χ0n) is 11.3. The van der Waals surface area contributed by atoms with Crippen LogP contribution in [0.25, 0.3) is 6.08 Å². The fraction of sp³-hybridized carbons (Fsp3) is 0.400. The largest absolute Gasteiger partial charge is 0.478 e. The number of benzene rings is 1. The van der Waals surface area contributed by atoms with Crippen molar-refractivity contribution in [3.63, 3.8) is 0 Å². The van der Waals surface area contributed by atoms with Crippen molar-refractivity contribution in [1.82, 2.24) is 4.90 Å². The van der Waals surface area contributed by atoms with Gasteiger partial charge in [-0.05, 0) is 37.6 Å². The van der Waals surface area contributed by atoms with Gasteiger partial charge in [0.2, 0.25) is 0 Å². The Bertz CT molecular complexity index is 426. The van der Waals surface area contributed by atoms with E-state index in [9.17, 15) is 4.79 Å². The number of hydrogen-bond donors (Lipinski definition) is 1. The summed E-state index contributed by atoms with van der Waals surface area (Å²) in [5, 5.41) is 8.68. The molecule has 3 nitrogen and oxygen atoms in total. The number of hydrogen-bond acceptors (Lipinski definition) is 2. The molecule has 1 aromatic carbocycles. The van der Waals surface area contributed by atoms with E-state index in [2.05, 4.69) is 25.8 Å². The minimum Gasteiger partial charge on any atom is -0.478 e. The van der Waals surface area contributed by atoms with Crippen molar-refractivity contribution in [3.05, 3.63) is 41.5 Å². The van der Waals surface area contributed by atoms with E-state index in [1.165, 1.54) is 6.08 Å². The van der Waals surface area contributed by atoms with Crippen LogP contribution in [0.2, 0.25) is 0 Å². The molecule has 1 aromatic rings. The van der Waals surface area contributed by atoms with E-state index in [-0.39, 0.29) is 0 Å². The molecule has 1 rings (SSSR count). The first kappa shape index (κ1) is 14.5. The highest BCUT2D eigenvalue weighted by atomic mass is 16.4. The van der Waals surface area contributed by atoms with Crippen LogP contribution in [0, 0.1) is 0 Å². The van der Waals surface area contributed by atoms with Crippen molar-refractivity contribution in [1.29, 1.82) is 0 Å². The average Bonchev–Trinajstić information content (AvgIpc) is 2.36. The summed E-state index contributed by atoms with van der Waals surface area (Å²) in [6, 6.07) is 8.41.